The average molecular weight is 268 g/mol. The van der Waals surface area contributed by atoms with E-state index in [1.54, 1.807) is 13.8 Å². The lowest BCUT2D eigenvalue weighted by atomic mass is 10.2. The average Bonchev–Trinajstić information content (AvgIpc) is 2.77. The number of aromatic amines is 1. The van der Waals surface area contributed by atoms with Gasteiger partial charge in [-0.25, -0.2) is 4.98 Å². The molecule has 1 aromatic rings. The standard InChI is InChI=1S/C12H20N4O3/c1-5-16(8(4)6-9(17)18)12(19)11-13-10(7(2)3)14-15-11/h7-8H,5-6H2,1-4H3,(H,17,18)(H,13,14,15). The molecule has 0 saturated heterocycles. The first kappa shape index (κ1) is 15.1. The normalized spacial score (nSPS) is 12.5. The second kappa shape index (κ2) is 6.31. The first-order valence-electron chi connectivity index (χ1n) is 6.31. The van der Waals surface area contributed by atoms with Gasteiger partial charge in [0.05, 0.1) is 6.42 Å². The lowest BCUT2D eigenvalue weighted by Gasteiger charge is -2.25. The van der Waals surface area contributed by atoms with Crippen LogP contribution in [0.1, 0.15) is 56.5 Å². The molecule has 1 heterocycles. The Kier molecular flexibility index (Phi) is 5.02. The molecule has 106 valence electrons. The number of carboxylic acids is 1. The lowest BCUT2D eigenvalue weighted by Crippen LogP contribution is -2.40. The van der Waals surface area contributed by atoms with Crippen LogP contribution in [-0.4, -0.2) is 49.7 Å². The highest BCUT2D eigenvalue weighted by Crippen LogP contribution is 2.11. The summed E-state index contributed by atoms with van der Waals surface area (Å²) in [7, 11) is 0. The van der Waals surface area contributed by atoms with E-state index in [4.69, 9.17) is 5.11 Å². The maximum atomic E-state index is 12.2. The molecule has 7 heteroatoms. The Labute approximate surface area is 112 Å². The summed E-state index contributed by atoms with van der Waals surface area (Å²) in [5.74, 6) is -0.398. The largest absolute Gasteiger partial charge is 0.481 e. The molecule has 1 atom stereocenters. The van der Waals surface area contributed by atoms with Crippen LogP contribution in [0.3, 0.4) is 0 Å². The smallest absolute Gasteiger partial charge is 0.305 e. The molecule has 7 nitrogen and oxygen atoms in total. The molecule has 0 radical (unpaired) electrons. The number of nitrogens with zero attached hydrogens (tertiary/aromatic N) is 3. The van der Waals surface area contributed by atoms with Crippen LogP contribution in [0.4, 0.5) is 0 Å². The van der Waals surface area contributed by atoms with E-state index in [2.05, 4.69) is 15.2 Å². The fraction of sp³-hybridized carbons (Fsp3) is 0.667. The molecule has 1 unspecified atom stereocenters. The van der Waals surface area contributed by atoms with Crippen molar-refractivity contribution in [3.63, 3.8) is 0 Å². The van der Waals surface area contributed by atoms with Gasteiger partial charge in [-0.2, -0.15) is 0 Å². The molecular weight excluding hydrogens is 248 g/mol. The highest BCUT2D eigenvalue weighted by Gasteiger charge is 2.25. The molecule has 0 saturated carbocycles. The molecule has 0 aliphatic heterocycles. The highest BCUT2D eigenvalue weighted by molar-refractivity contribution is 5.90. The molecule has 0 fully saturated rings. The van der Waals surface area contributed by atoms with Crippen LogP contribution >= 0.6 is 0 Å². The minimum atomic E-state index is -0.934. The van der Waals surface area contributed by atoms with Crippen LogP contribution in [0.15, 0.2) is 0 Å². The molecule has 0 bridgehead atoms. The molecule has 0 spiro atoms. The van der Waals surface area contributed by atoms with E-state index in [0.29, 0.717) is 12.4 Å². The number of H-pyrrole nitrogens is 1. The predicted octanol–water partition coefficient (Wildman–Crippen LogP) is 1.25. The van der Waals surface area contributed by atoms with Crippen LogP contribution in [0.5, 0.6) is 0 Å². The van der Waals surface area contributed by atoms with Gasteiger partial charge in [-0.3, -0.25) is 14.7 Å². The number of hydrogen-bond donors (Lipinski definition) is 2. The second-order valence-electron chi connectivity index (χ2n) is 4.74. The van der Waals surface area contributed by atoms with Crippen molar-refractivity contribution in [2.75, 3.05) is 6.54 Å². The predicted molar refractivity (Wildman–Crippen MR) is 68.9 cm³/mol. The lowest BCUT2D eigenvalue weighted by molar-refractivity contribution is -0.138. The Morgan fingerprint density at radius 3 is 2.42 bits per heavy atom. The molecule has 0 aliphatic rings. The van der Waals surface area contributed by atoms with Gasteiger partial charge in [0.15, 0.2) is 0 Å². The van der Waals surface area contributed by atoms with E-state index >= 15 is 0 Å². The first-order chi connectivity index (χ1) is 8.86. The summed E-state index contributed by atoms with van der Waals surface area (Å²) in [4.78, 5) is 28.5. The van der Waals surface area contributed by atoms with Gasteiger partial charge in [0.2, 0.25) is 5.82 Å². The summed E-state index contributed by atoms with van der Waals surface area (Å²) in [5.41, 5.74) is 0. The minimum absolute atomic E-state index is 0.0859. The zero-order valence-corrected chi connectivity index (χ0v) is 11.7. The number of aromatic nitrogens is 3. The first-order valence-corrected chi connectivity index (χ1v) is 6.31. The molecule has 1 rings (SSSR count). The number of carboxylic acid groups (broad SMARTS) is 1. The van der Waals surface area contributed by atoms with Gasteiger partial charge in [0.25, 0.3) is 5.91 Å². The van der Waals surface area contributed by atoms with Crippen LogP contribution in [0, 0.1) is 0 Å². The second-order valence-corrected chi connectivity index (χ2v) is 4.74. The van der Waals surface area contributed by atoms with Gasteiger partial charge in [-0.05, 0) is 13.8 Å². The van der Waals surface area contributed by atoms with Crippen LogP contribution in [0.25, 0.3) is 0 Å². The van der Waals surface area contributed by atoms with Gasteiger partial charge in [-0.1, -0.05) is 13.8 Å². The SMILES string of the molecule is CCN(C(=O)c1n[nH]c(C(C)C)n1)C(C)CC(=O)O. The van der Waals surface area contributed by atoms with Crippen molar-refractivity contribution in [1.29, 1.82) is 0 Å². The van der Waals surface area contributed by atoms with Crippen molar-refractivity contribution in [1.82, 2.24) is 20.1 Å². The van der Waals surface area contributed by atoms with E-state index in [-0.39, 0.29) is 24.1 Å². The summed E-state index contributed by atoms with van der Waals surface area (Å²) in [6.45, 7) is 7.80. The summed E-state index contributed by atoms with van der Waals surface area (Å²) in [5, 5.41) is 15.4. The number of hydrogen-bond acceptors (Lipinski definition) is 4. The zero-order valence-electron chi connectivity index (χ0n) is 11.7. The summed E-state index contributed by atoms with van der Waals surface area (Å²) < 4.78 is 0. The van der Waals surface area contributed by atoms with Gasteiger partial charge in [0.1, 0.15) is 5.82 Å². The van der Waals surface area contributed by atoms with Crippen molar-refractivity contribution in [3.05, 3.63) is 11.6 Å². The van der Waals surface area contributed by atoms with Gasteiger partial charge < -0.3 is 10.0 Å². The Morgan fingerprint density at radius 2 is 2.00 bits per heavy atom. The van der Waals surface area contributed by atoms with Crippen molar-refractivity contribution >= 4 is 11.9 Å². The number of aliphatic carboxylic acids is 1. The topological polar surface area (TPSA) is 99.2 Å². The van der Waals surface area contributed by atoms with Crippen molar-refractivity contribution in [3.8, 4) is 0 Å². The molecule has 0 aromatic carbocycles. The van der Waals surface area contributed by atoms with Gasteiger partial charge in [0, 0.05) is 18.5 Å². The number of nitrogens with one attached hydrogen (secondary N) is 1. The highest BCUT2D eigenvalue weighted by atomic mass is 16.4. The van der Waals surface area contributed by atoms with E-state index in [1.807, 2.05) is 13.8 Å². The monoisotopic (exact) mass is 268 g/mol. The van der Waals surface area contributed by atoms with E-state index in [0.717, 1.165) is 0 Å². The molecule has 0 aliphatic carbocycles. The third-order valence-corrected chi connectivity index (χ3v) is 2.84. The number of amides is 1. The Morgan fingerprint density at radius 1 is 1.37 bits per heavy atom. The zero-order chi connectivity index (χ0) is 14.6. The third kappa shape index (κ3) is 3.77. The van der Waals surface area contributed by atoms with Crippen molar-refractivity contribution in [2.45, 2.75) is 46.1 Å². The fourth-order valence-corrected chi connectivity index (χ4v) is 1.77. The molecule has 19 heavy (non-hydrogen) atoms. The molecule has 1 amide bonds. The third-order valence-electron chi connectivity index (χ3n) is 2.84. The quantitative estimate of drug-likeness (QED) is 0.809. The summed E-state index contributed by atoms with van der Waals surface area (Å²) in [6.07, 6.45) is -0.0962. The van der Waals surface area contributed by atoms with Gasteiger partial charge >= 0.3 is 5.97 Å². The Bertz CT molecular complexity index is 456. The number of carbonyl (C=O) groups is 2. The maximum absolute atomic E-state index is 12.2. The van der Waals surface area contributed by atoms with Crippen LogP contribution < -0.4 is 0 Å². The van der Waals surface area contributed by atoms with Crippen LogP contribution in [0.2, 0.25) is 0 Å². The Hall–Kier alpha value is -1.92. The summed E-state index contributed by atoms with van der Waals surface area (Å²) >= 11 is 0. The van der Waals surface area contributed by atoms with Gasteiger partial charge in [-0.15, -0.1) is 5.10 Å². The molecular formula is C12H20N4O3. The molecule has 2 N–H and O–H groups in total. The van der Waals surface area contributed by atoms with E-state index in [1.165, 1.54) is 4.90 Å². The minimum Gasteiger partial charge on any atom is -0.481 e. The number of carbonyl (C=O) groups excluding carboxylic acids is 1. The van der Waals surface area contributed by atoms with Crippen molar-refractivity contribution < 1.29 is 14.7 Å². The van der Waals surface area contributed by atoms with Crippen molar-refractivity contribution in [2.24, 2.45) is 0 Å². The maximum Gasteiger partial charge on any atom is 0.305 e. The number of rotatable bonds is 6. The van der Waals surface area contributed by atoms with E-state index < -0.39 is 12.0 Å². The summed E-state index contributed by atoms with van der Waals surface area (Å²) in [6, 6.07) is -0.393. The fourth-order valence-electron chi connectivity index (χ4n) is 1.77. The van der Waals surface area contributed by atoms with E-state index in [9.17, 15) is 9.59 Å². The van der Waals surface area contributed by atoms with Crippen LogP contribution in [-0.2, 0) is 4.79 Å². The Balaban J connectivity index is 2.85. The molecule has 1 aromatic heterocycles.